The molecule has 84 valence electrons. The minimum Gasteiger partial charge on any atom is -0.405 e. The zero-order valence-corrected chi connectivity index (χ0v) is 9.44. The lowest BCUT2D eigenvalue weighted by Crippen LogP contribution is -2.13. The first kappa shape index (κ1) is 10.8. The molecule has 6 heteroatoms. The molecule has 2 heterocycles. The zero-order chi connectivity index (χ0) is 11.7. The zero-order valence-electron chi connectivity index (χ0n) is 8.62. The average molecular weight is 238 g/mol. The maximum atomic E-state index is 11.7. The van der Waals surface area contributed by atoms with Crippen LogP contribution < -0.4 is 11.2 Å². The lowest BCUT2D eigenvalue weighted by atomic mass is 10.1. The normalized spacial score (nSPS) is 10.8. The van der Waals surface area contributed by atoms with Gasteiger partial charge in [0, 0.05) is 6.07 Å². The minimum atomic E-state index is -0.479. The highest BCUT2D eigenvalue weighted by Gasteiger charge is 2.09. The van der Waals surface area contributed by atoms with Crippen LogP contribution in [-0.2, 0) is 6.42 Å². The number of fused-ring (bicyclic) bond motifs is 1. The Morgan fingerprint density at radius 1 is 1.38 bits per heavy atom. The van der Waals surface area contributed by atoms with Crippen molar-refractivity contribution in [2.24, 2.45) is 0 Å². The van der Waals surface area contributed by atoms with Crippen LogP contribution in [-0.4, -0.2) is 9.97 Å². The molecule has 0 fully saturated rings. The third kappa shape index (κ3) is 1.83. The van der Waals surface area contributed by atoms with Gasteiger partial charge in [-0.1, -0.05) is 13.3 Å². The van der Waals surface area contributed by atoms with Gasteiger partial charge in [0.1, 0.15) is 5.39 Å². The summed E-state index contributed by atoms with van der Waals surface area (Å²) in [7, 11) is 0. The summed E-state index contributed by atoms with van der Waals surface area (Å²) < 4.78 is 5.06. The molecule has 0 radical (unpaired) electrons. The molecule has 0 saturated heterocycles. The molecule has 16 heavy (non-hydrogen) atoms. The van der Waals surface area contributed by atoms with E-state index >= 15 is 0 Å². The van der Waals surface area contributed by atoms with Gasteiger partial charge in [0.05, 0.1) is 0 Å². The summed E-state index contributed by atoms with van der Waals surface area (Å²) in [5, 5.41) is 0.370. The van der Waals surface area contributed by atoms with E-state index in [1.807, 2.05) is 6.92 Å². The summed E-state index contributed by atoms with van der Waals surface area (Å²) in [5.74, 6) is 0. The van der Waals surface area contributed by atoms with Gasteiger partial charge in [-0.05, 0) is 24.2 Å². The molecule has 0 aromatic carbocycles. The topological polar surface area (TPSA) is 78.9 Å². The van der Waals surface area contributed by atoms with E-state index in [2.05, 4.69) is 9.97 Å². The average Bonchev–Trinajstić information content (AvgIpc) is 2.15. The van der Waals surface area contributed by atoms with E-state index in [9.17, 15) is 9.59 Å². The van der Waals surface area contributed by atoms with Crippen LogP contribution in [0, 0.1) is 4.77 Å². The monoisotopic (exact) mass is 238 g/mol. The number of H-pyrrole nitrogens is 2. The smallest absolute Gasteiger partial charge is 0.337 e. The van der Waals surface area contributed by atoms with Crippen molar-refractivity contribution in [3.05, 3.63) is 37.2 Å². The fraction of sp³-hybridized carbons (Fsp3) is 0.300. The van der Waals surface area contributed by atoms with E-state index in [4.69, 9.17) is 16.6 Å². The molecular weight excluding hydrogens is 228 g/mol. The fourth-order valence-corrected chi connectivity index (χ4v) is 1.83. The van der Waals surface area contributed by atoms with E-state index in [0.717, 1.165) is 6.42 Å². The Balaban J connectivity index is 2.95. The quantitative estimate of drug-likeness (QED) is 0.777. The summed E-state index contributed by atoms with van der Waals surface area (Å²) in [4.78, 5) is 28.1. The largest absolute Gasteiger partial charge is 0.405 e. The van der Waals surface area contributed by atoms with Crippen LogP contribution in [0.4, 0.5) is 0 Å². The molecule has 2 N–H and O–H groups in total. The third-order valence-electron chi connectivity index (χ3n) is 2.24. The number of aryl methyl sites for hydroxylation is 1. The number of nitrogens with one attached hydrogen (secondary N) is 2. The van der Waals surface area contributed by atoms with Gasteiger partial charge in [-0.2, -0.15) is 0 Å². The predicted octanol–water partition coefficient (Wildman–Crippen LogP) is 1.49. The van der Waals surface area contributed by atoms with Crippen LogP contribution in [0.5, 0.6) is 0 Å². The van der Waals surface area contributed by atoms with Crippen molar-refractivity contribution in [2.45, 2.75) is 19.8 Å². The third-order valence-corrected chi connectivity index (χ3v) is 2.45. The predicted molar refractivity (Wildman–Crippen MR) is 62.3 cm³/mol. The second kappa shape index (κ2) is 4.05. The molecule has 5 nitrogen and oxygen atoms in total. The van der Waals surface area contributed by atoms with Crippen molar-refractivity contribution < 1.29 is 4.42 Å². The Bertz CT molecular complexity index is 690. The van der Waals surface area contributed by atoms with Gasteiger partial charge in [-0.25, -0.2) is 4.79 Å². The second-order valence-electron chi connectivity index (χ2n) is 3.45. The molecule has 0 aliphatic rings. The molecule has 0 saturated carbocycles. The van der Waals surface area contributed by atoms with Crippen molar-refractivity contribution in [3.8, 4) is 0 Å². The summed E-state index contributed by atoms with van der Waals surface area (Å²) in [5.41, 5.74) is 0.0177. The van der Waals surface area contributed by atoms with Crippen molar-refractivity contribution in [2.75, 3.05) is 0 Å². The standard InChI is InChI=1S/C10H10N2O3S/c1-2-3-5-4-6(13)15-9-7(5)8(14)11-10(16)12-9/h4H,2-3H2,1H3,(H2,11,12,14,16). The fourth-order valence-electron chi connectivity index (χ4n) is 1.64. The van der Waals surface area contributed by atoms with E-state index in [1.165, 1.54) is 6.07 Å². The van der Waals surface area contributed by atoms with E-state index in [1.54, 1.807) is 0 Å². The highest BCUT2D eigenvalue weighted by molar-refractivity contribution is 7.71. The van der Waals surface area contributed by atoms with Gasteiger partial charge in [0.25, 0.3) is 5.56 Å². The highest BCUT2D eigenvalue weighted by Crippen LogP contribution is 2.11. The van der Waals surface area contributed by atoms with Gasteiger partial charge in [0.2, 0.25) is 5.71 Å². The molecule has 0 atom stereocenters. The van der Waals surface area contributed by atoms with Crippen molar-refractivity contribution in [1.82, 2.24) is 9.97 Å². The molecule has 2 rings (SSSR count). The Hall–Kier alpha value is -1.69. The summed E-state index contributed by atoms with van der Waals surface area (Å²) in [6.45, 7) is 1.97. The molecule has 2 aromatic heterocycles. The molecule has 2 aromatic rings. The second-order valence-corrected chi connectivity index (χ2v) is 3.86. The molecule has 0 aliphatic heterocycles. The van der Waals surface area contributed by atoms with Crippen LogP contribution in [0.2, 0.25) is 0 Å². The van der Waals surface area contributed by atoms with Crippen LogP contribution in [0.25, 0.3) is 11.1 Å². The number of hydrogen-bond donors (Lipinski definition) is 2. The number of aromatic amines is 2. The Labute approximate surface area is 95.1 Å². The van der Waals surface area contributed by atoms with Gasteiger partial charge in [-0.15, -0.1) is 0 Å². The molecule has 0 unspecified atom stereocenters. The maximum absolute atomic E-state index is 11.7. The van der Waals surface area contributed by atoms with Gasteiger partial charge >= 0.3 is 5.63 Å². The lowest BCUT2D eigenvalue weighted by molar-refractivity contribution is 0.545. The summed E-state index contributed by atoms with van der Waals surface area (Å²) >= 11 is 4.81. The van der Waals surface area contributed by atoms with Gasteiger partial charge in [-0.3, -0.25) is 9.78 Å². The molecule has 0 amide bonds. The van der Waals surface area contributed by atoms with Crippen LogP contribution in [0.15, 0.2) is 20.1 Å². The first-order chi connectivity index (χ1) is 7.61. The van der Waals surface area contributed by atoms with Gasteiger partial charge in [0.15, 0.2) is 4.77 Å². The van der Waals surface area contributed by atoms with E-state index < -0.39 is 5.63 Å². The van der Waals surface area contributed by atoms with E-state index in [-0.39, 0.29) is 16.0 Å². The molecular formula is C10H10N2O3S. The Morgan fingerprint density at radius 3 is 2.81 bits per heavy atom. The summed E-state index contributed by atoms with van der Waals surface area (Å²) in [6, 6.07) is 1.35. The SMILES string of the molecule is CCCc1cc(=O)oc2[nH]c(=S)[nH]c(=O)c12. The Morgan fingerprint density at radius 2 is 2.12 bits per heavy atom. The molecule has 0 bridgehead atoms. The Kier molecular flexibility index (Phi) is 2.74. The van der Waals surface area contributed by atoms with E-state index in [0.29, 0.717) is 17.4 Å². The highest BCUT2D eigenvalue weighted by atomic mass is 32.1. The number of hydrogen-bond acceptors (Lipinski definition) is 4. The van der Waals surface area contributed by atoms with Gasteiger partial charge < -0.3 is 9.40 Å². The van der Waals surface area contributed by atoms with Crippen molar-refractivity contribution in [1.29, 1.82) is 0 Å². The lowest BCUT2D eigenvalue weighted by Gasteiger charge is -2.01. The van der Waals surface area contributed by atoms with Crippen molar-refractivity contribution >= 4 is 23.3 Å². The van der Waals surface area contributed by atoms with Crippen LogP contribution >= 0.6 is 12.2 Å². The summed E-state index contributed by atoms with van der Waals surface area (Å²) in [6.07, 6.45) is 1.49. The minimum absolute atomic E-state index is 0.143. The first-order valence-corrected chi connectivity index (χ1v) is 5.32. The molecule has 0 spiro atoms. The molecule has 0 aliphatic carbocycles. The van der Waals surface area contributed by atoms with Crippen LogP contribution in [0.1, 0.15) is 18.9 Å². The van der Waals surface area contributed by atoms with Crippen molar-refractivity contribution in [3.63, 3.8) is 0 Å². The maximum Gasteiger partial charge on any atom is 0.337 e. The first-order valence-electron chi connectivity index (χ1n) is 4.91. The van der Waals surface area contributed by atoms with Crippen LogP contribution in [0.3, 0.4) is 0 Å². The number of aromatic nitrogens is 2. The number of rotatable bonds is 2.